The summed E-state index contributed by atoms with van der Waals surface area (Å²) < 4.78 is 5.58. The number of carbonyl (C=O) groups excluding carboxylic acids is 1. The first kappa shape index (κ1) is 17.5. The first-order valence-electron chi connectivity index (χ1n) is 8.94. The van der Waals surface area contributed by atoms with Crippen molar-refractivity contribution in [3.05, 3.63) is 65.7 Å². The fourth-order valence-electron chi connectivity index (χ4n) is 3.44. The van der Waals surface area contributed by atoms with E-state index < -0.39 is 6.10 Å². The molecule has 4 heteroatoms. The Morgan fingerprint density at radius 3 is 2.44 bits per heavy atom. The number of aliphatic hydroxyl groups excluding tert-OH is 1. The van der Waals surface area contributed by atoms with E-state index in [1.165, 1.54) is 0 Å². The topological polar surface area (TPSA) is 49.8 Å². The molecule has 0 aromatic heterocycles. The summed E-state index contributed by atoms with van der Waals surface area (Å²) in [6, 6.07) is 17.2. The van der Waals surface area contributed by atoms with E-state index in [-0.39, 0.29) is 11.8 Å². The van der Waals surface area contributed by atoms with Crippen LogP contribution in [0.25, 0.3) is 0 Å². The Hall–Kier alpha value is -2.33. The number of hydrogen-bond donors (Lipinski definition) is 1. The number of para-hydroxylation sites is 1. The summed E-state index contributed by atoms with van der Waals surface area (Å²) in [5.74, 6) is 0.840. The number of rotatable bonds is 5. The van der Waals surface area contributed by atoms with Crippen molar-refractivity contribution in [3.63, 3.8) is 0 Å². The molecule has 1 amide bonds. The quantitative estimate of drug-likeness (QED) is 0.904. The fourth-order valence-corrected chi connectivity index (χ4v) is 3.44. The number of piperidine rings is 1. The third-order valence-electron chi connectivity index (χ3n) is 4.83. The van der Waals surface area contributed by atoms with Crippen LogP contribution in [-0.4, -0.2) is 35.6 Å². The van der Waals surface area contributed by atoms with Crippen LogP contribution < -0.4 is 4.74 Å². The van der Waals surface area contributed by atoms with Crippen molar-refractivity contribution in [2.75, 3.05) is 19.7 Å². The van der Waals surface area contributed by atoms with Gasteiger partial charge in [-0.05, 0) is 43.4 Å². The minimum atomic E-state index is -0.464. The highest BCUT2D eigenvalue weighted by Crippen LogP contribution is 2.31. The number of amides is 1. The standard InChI is InChI=1S/C21H25NO3/c1-2-25-19-11-7-6-10-18(19)21(24)22-14-12-17(13-15-22)20(23)16-8-4-3-5-9-16/h3-11,17,20,23H,2,12-15H2,1H3. The lowest BCUT2D eigenvalue weighted by molar-refractivity contribution is 0.0460. The minimum absolute atomic E-state index is 0.0108. The second-order valence-corrected chi connectivity index (χ2v) is 6.41. The highest BCUT2D eigenvalue weighted by Gasteiger charge is 2.29. The maximum absolute atomic E-state index is 12.8. The van der Waals surface area contributed by atoms with Crippen LogP contribution in [0.4, 0.5) is 0 Å². The predicted molar refractivity (Wildman–Crippen MR) is 97.6 cm³/mol. The van der Waals surface area contributed by atoms with Crippen molar-refractivity contribution in [1.82, 2.24) is 4.90 Å². The van der Waals surface area contributed by atoms with Gasteiger partial charge in [-0.25, -0.2) is 0 Å². The lowest BCUT2D eigenvalue weighted by Crippen LogP contribution is -2.39. The highest BCUT2D eigenvalue weighted by atomic mass is 16.5. The summed E-state index contributed by atoms with van der Waals surface area (Å²) in [6.45, 7) is 3.77. The lowest BCUT2D eigenvalue weighted by atomic mass is 9.87. The van der Waals surface area contributed by atoms with Gasteiger partial charge >= 0.3 is 0 Å². The van der Waals surface area contributed by atoms with Gasteiger partial charge in [-0.2, -0.15) is 0 Å². The van der Waals surface area contributed by atoms with Crippen molar-refractivity contribution in [1.29, 1.82) is 0 Å². The molecule has 2 aromatic rings. The first-order chi connectivity index (χ1) is 12.2. The third kappa shape index (κ3) is 4.02. The normalized spacial score (nSPS) is 16.5. The Morgan fingerprint density at radius 2 is 1.76 bits per heavy atom. The van der Waals surface area contributed by atoms with E-state index in [9.17, 15) is 9.90 Å². The molecule has 132 valence electrons. The summed E-state index contributed by atoms with van der Waals surface area (Å²) in [5, 5.41) is 10.6. The zero-order chi connectivity index (χ0) is 17.6. The fraction of sp³-hybridized carbons (Fsp3) is 0.381. The smallest absolute Gasteiger partial charge is 0.257 e. The van der Waals surface area contributed by atoms with Gasteiger partial charge in [0.05, 0.1) is 18.3 Å². The number of ether oxygens (including phenoxy) is 1. The maximum atomic E-state index is 12.8. The molecule has 0 aliphatic carbocycles. The van der Waals surface area contributed by atoms with Crippen LogP contribution in [0.1, 0.15) is 41.8 Å². The Balaban J connectivity index is 1.63. The molecule has 1 saturated heterocycles. The monoisotopic (exact) mass is 339 g/mol. The van der Waals surface area contributed by atoms with Crippen molar-refractivity contribution in [2.24, 2.45) is 5.92 Å². The predicted octanol–water partition coefficient (Wildman–Crippen LogP) is 3.67. The Labute approximate surface area is 149 Å². The van der Waals surface area contributed by atoms with Crippen molar-refractivity contribution < 1.29 is 14.6 Å². The molecule has 1 aliphatic rings. The van der Waals surface area contributed by atoms with Crippen LogP contribution in [0.2, 0.25) is 0 Å². The van der Waals surface area contributed by atoms with Crippen molar-refractivity contribution >= 4 is 5.91 Å². The van der Waals surface area contributed by atoms with E-state index >= 15 is 0 Å². The summed E-state index contributed by atoms with van der Waals surface area (Å²) in [4.78, 5) is 14.7. The van der Waals surface area contributed by atoms with Crippen LogP contribution in [0.5, 0.6) is 5.75 Å². The molecule has 0 bridgehead atoms. The summed E-state index contributed by atoms with van der Waals surface area (Å²) in [7, 11) is 0. The summed E-state index contributed by atoms with van der Waals surface area (Å²) in [5.41, 5.74) is 1.57. The van der Waals surface area contributed by atoms with E-state index in [0.29, 0.717) is 31.0 Å². The number of likely N-dealkylation sites (tertiary alicyclic amines) is 1. The molecule has 0 saturated carbocycles. The Morgan fingerprint density at radius 1 is 1.12 bits per heavy atom. The molecule has 1 N–H and O–H groups in total. The van der Waals surface area contributed by atoms with Crippen molar-refractivity contribution in [2.45, 2.75) is 25.9 Å². The van der Waals surface area contributed by atoms with Gasteiger partial charge in [0, 0.05) is 13.1 Å². The molecule has 3 rings (SSSR count). The largest absolute Gasteiger partial charge is 0.493 e. The van der Waals surface area contributed by atoms with Gasteiger partial charge in [0.15, 0.2) is 0 Å². The molecule has 2 aromatic carbocycles. The van der Waals surface area contributed by atoms with Gasteiger partial charge in [0.1, 0.15) is 5.75 Å². The molecule has 1 unspecified atom stereocenters. The van der Waals surface area contributed by atoms with Gasteiger partial charge < -0.3 is 14.7 Å². The SMILES string of the molecule is CCOc1ccccc1C(=O)N1CCC(C(O)c2ccccc2)CC1. The van der Waals surface area contributed by atoms with Crippen LogP contribution in [0, 0.1) is 5.92 Å². The first-order valence-corrected chi connectivity index (χ1v) is 8.94. The Bertz CT molecular complexity index is 693. The average molecular weight is 339 g/mol. The number of carbonyl (C=O) groups is 1. The van der Waals surface area contributed by atoms with Gasteiger partial charge in [-0.3, -0.25) is 4.79 Å². The van der Waals surface area contributed by atoms with E-state index in [1.807, 2.05) is 66.4 Å². The molecular weight excluding hydrogens is 314 g/mol. The second kappa shape index (κ2) is 8.17. The van der Waals surface area contributed by atoms with Gasteiger partial charge in [-0.15, -0.1) is 0 Å². The summed E-state index contributed by atoms with van der Waals surface area (Å²) in [6.07, 6.45) is 1.14. The van der Waals surface area contributed by atoms with Gasteiger partial charge in [-0.1, -0.05) is 42.5 Å². The maximum Gasteiger partial charge on any atom is 0.257 e. The molecule has 0 spiro atoms. The van der Waals surface area contributed by atoms with Crippen LogP contribution in [0.15, 0.2) is 54.6 Å². The van der Waals surface area contributed by atoms with Gasteiger partial charge in [0.25, 0.3) is 5.91 Å². The zero-order valence-corrected chi connectivity index (χ0v) is 14.6. The summed E-state index contributed by atoms with van der Waals surface area (Å²) >= 11 is 0. The molecular formula is C21H25NO3. The Kier molecular flexibility index (Phi) is 5.71. The van der Waals surface area contributed by atoms with E-state index in [1.54, 1.807) is 0 Å². The number of benzene rings is 2. The number of aliphatic hydroxyl groups is 1. The molecule has 25 heavy (non-hydrogen) atoms. The number of nitrogens with zero attached hydrogens (tertiary/aromatic N) is 1. The van der Waals surface area contributed by atoms with Crippen LogP contribution in [-0.2, 0) is 0 Å². The molecule has 4 nitrogen and oxygen atoms in total. The van der Waals surface area contributed by atoms with Crippen LogP contribution >= 0.6 is 0 Å². The molecule has 1 fully saturated rings. The van der Waals surface area contributed by atoms with E-state index in [2.05, 4.69) is 0 Å². The third-order valence-corrected chi connectivity index (χ3v) is 4.83. The molecule has 1 heterocycles. The number of hydrogen-bond acceptors (Lipinski definition) is 3. The molecule has 1 aliphatic heterocycles. The zero-order valence-electron chi connectivity index (χ0n) is 14.6. The second-order valence-electron chi connectivity index (χ2n) is 6.41. The van der Waals surface area contributed by atoms with E-state index in [0.717, 1.165) is 18.4 Å². The minimum Gasteiger partial charge on any atom is -0.493 e. The highest BCUT2D eigenvalue weighted by molar-refractivity contribution is 5.97. The molecule has 1 atom stereocenters. The van der Waals surface area contributed by atoms with Crippen LogP contribution in [0.3, 0.4) is 0 Å². The molecule has 0 radical (unpaired) electrons. The van der Waals surface area contributed by atoms with Gasteiger partial charge in [0.2, 0.25) is 0 Å². The average Bonchev–Trinajstić information content (AvgIpc) is 2.68. The van der Waals surface area contributed by atoms with Crippen molar-refractivity contribution in [3.8, 4) is 5.75 Å². The van der Waals surface area contributed by atoms with E-state index in [4.69, 9.17) is 4.74 Å². The lowest BCUT2D eigenvalue weighted by Gasteiger charge is -2.34.